The van der Waals surface area contributed by atoms with Gasteiger partial charge in [-0.3, -0.25) is 0 Å². The average Bonchev–Trinajstić information content (AvgIpc) is 2.96. The second kappa shape index (κ2) is 5.51. The largest absolute Gasteiger partial charge is 0.376 e. The van der Waals surface area contributed by atoms with Gasteiger partial charge in [-0.2, -0.15) is 4.98 Å². The van der Waals surface area contributed by atoms with Crippen molar-refractivity contribution < 1.29 is 9.26 Å². The summed E-state index contributed by atoms with van der Waals surface area (Å²) in [6, 6.07) is 2.07. The molecule has 0 bridgehead atoms. The number of thiophene rings is 1. The number of nitrogens with zero attached hydrogens (tertiary/aromatic N) is 2. The molecule has 1 aliphatic rings. The number of nitrogens with two attached hydrogens (primary N) is 1. The highest BCUT2D eigenvalue weighted by molar-refractivity contribution is 7.15. The quantitative estimate of drug-likeness (QED) is 0.918. The second-order valence-electron chi connectivity index (χ2n) is 6.05. The first-order valence-electron chi connectivity index (χ1n) is 7.28. The summed E-state index contributed by atoms with van der Waals surface area (Å²) in [4.78, 5) is 6.70. The maximum Gasteiger partial charge on any atom is 0.268 e. The van der Waals surface area contributed by atoms with Crippen LogP contribution in [0.15, 0.2) is 10.6 Å². The van der Waals surface area contributed by atoms with E-state index in [9.17, 15) is 0 Å². The lowest BCUT2D eigenvalue weighted by Crippen LogP contribution is -2.41. The number of ether oxygens (including phenoxy) is 1. The molecule has 114 valence electrons. The van der Waals surface area contributed by atoms with Gasteiger partial charge in [-0.1, -0.05) is 5.16 Å². The van der Waals surface area contributed by atoms with Crippen LogP contribution in [0.4, 0.5) is 0 Å². The van der Waals surface area contributed by atoms with Crippen molar-refractivity contribution in [2.45, 2.75) is 51.7 Å². The SMILES string of the molecule is Cc1cc(-c2nc(C(C)(N)COC3CCC3)no2)sc1C. The lowest BCUT2D eigenvalue weighted by atomic mass is 9.95. The second-order valence-corrected chi connectivity index (χ2v) is 7.31. The van der Waals surface area contributed by atoms with Crippen molar-refractivity contribution >= 4 is 11.3 Å². The van der Waals surface area contributed by atoms with E-state index in [1.54, 1.807) is 11.3 Å². The Hall–Kier alpha value is -1.24. The summed E-state index contributed by atoms with van der Waals surface area (Å²) in [7, 11) is 0. The molecular formula is C15H21N3O2S. The minimum atomic E-state index is -0.724. The predicted octanol–water partition coefficient (Wildman–Crippen LogP) is 3.16. The van der Waals surface area contributed by atoms with Crippen LogP contribution in [-0.4, -0.2) is 22.9 Å². The third-order valence-corrected chi connectivity index (χ3v) is 5.13. The van der Waals surface area contributed by atoms with Crippen molar-refractivity contribution in [3.63, 3.8) is 0 Å². The fourth-order valence-corrected chi connectivity index (χ4v) is 3.08. The van der Waals surface area contributed by atoms with Crippen LogP contribution in [0.2, 0.25) is 0 Å². The van der Waals surface area contributed by atoms with Gasteiger partial charge in [0.05, 0.1) is 17.6 Å². The summed E-state index contributed by atoms with van der Waals surface area (Å²) in [5.41, 5.74) is 6.80. The zero-order valence-corrected chi connectivity index (χ0v) is 13.5. The molecule has 1 atom stereocenters. The van der Waals surface area contributed by atoms with E-state index in [0.717, 1.165) is 17.7 Å². The van der Waals surface area contributed by atoms with Gasteiger partial charge in [0.25, 0.3) is 5.89 Å². The van der Waals surface area contributed by atoms with Crippen LogP contribution in [0.5, 0.6) is 0 Å². The average molecular weight is 307 g/mol. The Morgan fingerprint density at radius 3 is 2.81 bits per heavy atom. The van der Waals surface area contributed by atoms with Crippen LogP contribution >= 0.6 is 11.3 Å². The Bertz CT molecular complexity index is 609. The summed E-state index contributed by atoms with van der Waals surface area (Å²) in [5.74, 6) is 1.03. The van der Waals surface area contributed by atoms with Crippen molar-refractivity contribution in [2.24, 2.45) is 5.73 Å². The van der Waals surface area contributed by atoms with Gasteiger partial charge in [-0.25, -0.2) is 0 Å². The Balaban J connectivity index is 1.73. The van der Waals surface area contributed by atoms with E-state index in [2.05, 4.69) is 30.1 Å². The molecule has 0 saturated heterocycles. The van der Waals surface area contributed by atoms with E-state index in [4.69, 9.17) is 15.0 Å². The van der Waals surface area contributed by atoms with Gasteiger partial charge in [0.2, 0.25) is 0 Å². The van der Waals surface area contributed by atoms with E-state index < -0.39 is 5.54 Å². The zero-order chi connectivity index (χ0) is 15.0. The highest BCUT2D eigenvalue weighted by Crippen LogP contribution is 2.31. The van der Waals surface area contributed by atoms with Gasteiger partial charge < -0.3 is 15.0 Å². The molecule has 3 rings (SSSR count). The van der Waals surface area contributed by atoms with Crippen molar-refractivity contribution in [3.05, 3.63) is 22.3 Å². The molecule has 0 radical (unpaired) electrons. The minimum absolute atomic E-state index is 0.349. The van der Waals surface area contributed by atoms with Crippen LogP contribution in [0.25, 0.3) is 10.8 Å². The van der Waals surface area contributed by atoms with Gasteiger partial charge in [-0.05, 0) is 51.7 Å². The molecule has 1 fully saturated rings. The molecule has 6 heteroatoms. The normalized spacial score (nSPS) is 18.5. The van der Waals surface area contributed by atoms with Crippen LogP contribution < -0.4 is 5.73 Å². The Kier molecular flexibility index (Phi) is 3.86. The first kappa shape index (κ1) is 14.7. The van der Waals surface area contributed by atoms with Crippen molar-refractivity contribution in [2.75, 3.05) is 6.61 Å². The van der Waals surface area contributed by atoms with Gasteiger partial charge in [0.15, 0.2) is 5.82 Å². The van der Waals surface area contributed by atoms with E-state index in [1.165, 1.54) is 16.9 Å². The van der Waals surface area contributed by atoms with Crippen LogP contribution in [-0.2, 0) is 10.3 Å². The summed E-state index contributed by atoms with van der Waals surface area (Å²) in [6.45, 7) is 6.46. The zero-order valence-electron chi connectivity index (χ0n) is 12.7. The topological polar surface area (TPSA) is 74.2 Å². The summed E-state index contributed by atoms with van der Waals surface area (Å²) in [6.07, 6.45) is 3.85. The van der Waals surface area contributed by atoms with Crippen LogP contribution in [0.3, 0.4) is 0 Å². The van der Waals surface area contributed by atoms with E-state index in [1.807, 2.05) is 6.92 Å². The molecule has 2 N–H and O–H groups in total. The van der Waals surface area contributed by atoms with Crippen LogP contribution in [0.1, 0.15) is 42.5 Å². The highest BCUT2D eigenvalue weighted by Gasteiger charge is 2.31. The molecule has 0 aromatic carbocycles. The molecule has 1 saturated carbocycles. The summed E-state index contributed by atoms with van der Waals surface area (Å²) in [5, 5.41) is 4.04. The van der Waals surface area contributed by atoms with Gasteiger partial charge >= 0.3 is 0 Å². The molecule has 1 aliphatic carbocycles. The molecular weight excluding hydrogens is 286 g/mol. The molecule has 2 aromatic heterocycles. The van der Waals surface area contributed by atoms with Crippen molar-refractivity contribution in [1.29, 1.82) is 0 Å². The van der Waals surface area contributed by atoms with E-state index in [0.29, 0.717) is 24.4 Å². The highest BCUT2D eigenvalue weighted by atomic mass is 32.1. The first-order valence-corrected chi connectivity index (χ1v) is 8.09. The Morgan fingerprint density at radius 2 is 2.24 bits per heavy atom. The van der Waals surface area contributed by atoms with E-state index in [-0.39, 0.29) is 0 Å². The number of hydrogen-bond donors (Lipinski definition) is 1. The molecule has 2 aromatic rings. The minimum Gasteiger partial charge on any atom is -0.376 e. The number of rotatable bonds is 5. The monoisotopic (exact) mass is 307 g/mol. The van der Waals surface area contributed by atoms with Crippen molar-refractivity contribution in [3.8, 4) is 10.8 Å². The Labute approximate surface area is 128 Å². The van der Waals surface area contributed by atoms with Gasteiger partial charge in [-0.15, -0.1) is 11.3 Å². The van der Waals surface area contributed by atoms with Crippen LogP contribution in [0, 0.1) is 13.8 Å². The van der Waals surface area contributed by atoms with Crippen molar-refractivity contribution in [1.82, 2.24) is 10.1 Å². The predicted molar refractivity (Wildman–Crippen MR) is 82.2 cm³/mol. The number of hydrogen-bond acceptors (Lipinski definition) is 6. The standard InChI is InChI=1S/C15H21N3O2S/c1-9-7-12(21-10(9)2)13-17-14(18-20-13)15(3,16)8-19-11-5-4-6-11/h7,11H,4-6,8,16H2,1-3H3. The van der Waals surface area contributed by atoms with Gasteiger partial charge in [0.1, 0.15) is 5.54 Å². The molecule has 1 unspecified atom stereocenters. The molecule has 2 heterocycles. The smallest absolute Gasteiger partial charge is 0.268 e. The fourth-order valence-electron chi connectivity index (χ4n) is 2.13. The third-order valence-electron chi connectivity index (χ3n) is 3.98. The number of aryl methyl sites for hydroxylation is 2. The van der Waals surface area contributed by atoms with E-state index >= 15 is 0 Å². The Morgan fingerprint density at radius 1 is 1.48 bits per heavy atom. The molecule has 0 aliphatic heterocycles. The molecule has 5 nitrogen and oxygen atoms in total. The maximum atomic E-state index is 6.29. The number of aromatic nitrogens is 2. The summed E-state index contributed by atoms with van der Waals surface area (Å²) < 4.78 is 11.2. The lowest BCUT2D eigenvalue weighted by molar-refractivity contribution is -0.0222. The first-order chi connectivity index (χ1) is 9.95. The summed E-state index contributed by atoms with van der Waals surface area (Å²) >= 11 is 1.65. The maximum absolute atomic E-state index is 6.29. The fraction of sp³-hybridized carbons (Fsp3) is 0.600. The molecule has 21 heavy (non-hydrogen) atoms. The molecule has 0 amide bonds. The van der Waals surface area contributed by atoms with Gasteiger partial charge in [0, 0.05) is 4.88 Å². The third kappa shape index (κ3) is 3.02. The molecule has 0 spiro atoms. The lowest BCUT2D eigenvalue weighted by Gasteiger charge is -2.29.